The van der Waals surface area contributed by atoms with Crippen LogP contribution in [0, 0.1) is 0 Å². The van der Waals surface area contributed by atoms with Crippen LogP contribution in [0.1, 0.15) is 39.7 Å². The summed E-state index contributed by atoms with van der Waals surface area (Å²) in [6.45, 7) is 7.33. The zero-order valence-electron chi connectivity index (χ0n) is 15.5. The molecule has 8 heteroatoms. The lowest BCUT2D eigenvalue weighted by atomic mass is 10.1. The highest BCUT2D eigenvalue weighted by Crippen LogP contribution is 2.18. The maximum atomic E-state index is 12.6. The van der Waals surface area contributed by atoms with E-state index in [0.717, 1.165) is 12.0 Å². The summed E-state index contributed by atoms with van der Waals surface area (Å²) in [5.74, 6) is -0.454. The van der Waals surface area contributed by atoms with Gasteiger partial charge in [-0.05, 0) is 32.8 Å². The molecule has 26 heavy (non-hydrogen) atoms. The van der Waals surface area contributed by atoms with Gasteiger partial charge in [-0.1, -0.05) is 49.0 Å². The van der Waals surface area contributed by atoms with E-state index in [1.54, 1.807) is 20.8 Å². The van der Waals surface area contributed by atoms with E-state index < -0.39 is 23.6 Å². The first-order valence-electron chi connectivity index (χ1n) is 8.55. The predicted molar refractivity (Wildman–Crippen MR) is 103 cm³/mol. The van der Waals surface area contributed by atoms with Crippen LogP contribution in [-0.2, 0) is 16.0 Å². The second-order valence-corrected chi connectivity index (χ2v) is 8.05. The summed E-state index contributed by atoms with van der Waals surface area (Å²) in [6.07, 6.45) is 0.545. The SMILES string of the molecule is CCC1N[N]C(=NC(=O)C(Cc2ccccc2)NC(=O)OC(C)(C)C)S1. The van der Waals surface area contributed by atoms with E-state index in [-0.39, 0.29) is 5.37 Å². The quantitative estimate of drug-likeness (QED) is 0.823. The number of thioether (sulfide) groups is 1. The minimum atomic E-state index is -0.823. The van der Waals surface area contributed by atoms with Crippen molar-refractivity contribution in [2.45, 2.75) is 57.6 Å². The Hall–Kier alpha value is -2.06. The number of aliphatic imine (C=N–C) groups is 1. The number of nitrogens with one attached hydrogen (secondary N) is 2. The van der Waals surface area contributed by atoms with Gasteiger partial charge < -0.3 is 10.1 Å². The first-order valence-corrected chi connectivity index (χ1v) is 9.43. The van der Waals surface area contributed by atoms with Gasteiger partial charge >= 0.3 is 6.09 Å². The Bertz CT molecular complexity index is 658. The third kappa shape index (κ3) is 6.68. The van der Waals surface area contributed by atoms with Gasteiger partial charge in [0.15, 0.2) is 0 Å². The van der Waals surface area contributed by atoms with Crippen LogP contribution in [-0.4, -0.2) is 34.2 Å². The van der Waals surface area contributed by atoms with Crippen LogP contribution in [0.3, 0.4) is 0 Å². The third-order valence-electron chi connectivity index (χ3n) is 3.40. The van der Waals surface area contributed by atoms with Crippen LogP contribution in [0.2, 0.25) is 0 Å². The van der Waals surface area contributed by atoms with Crippen LogP contribution in [0.25, 0.3) is 0 Å². The van der Waals surface area contributed by atoms with E-state index in [4.69, 9.17) is 4.74 Å². The molecule has 2 N–H and O–H groups in total. The normalized spacial score (nSPS) is 19.7. The average Bonchev–Trinajstić information content (AvgIpc) is 3.01. The molecule has 141 valence electrons. The fourth-order valence-electron chi connectivity index (χ4n) is 2.21. The van der Waals surface area contributed by atoms with E-state index in [2.05, 4.69) is 21.2 Å². The van der Waals surface area contributed by atoms with E-state index in [1.165, 1.54) is 11.8 Å². The number of nitrogens with zero attached hydrogens (tertiary/aromatic N) is 2. The number of benzene rings is 1. The van der Waals surface area contributed by atoms with Crippen LogP contribution in [0.5, 0.6) is 0 Å². The topological polar surface area (TPSA) is 93.9 Å². The van der Waals surface area contributed by atoms with E-state index in [9.17, 15) is 9.59 Å². The number of hydrogen-bond acceptors (Lipinski definition) is 5. The number of amides is 2. The third-order valence-corrected chi connectivity index (χ3v) is 4.52. The van der Waals surface area contributed by atoms with Crippen molar-refractivity contribution < 1.29 is 14.3 Å². The smallest absolute Gasteiger partial charge is 0.408 e. The molecular weight excluding hydrogens is 352 g/mol. The Kier molecular flexibility index (Phi) is 7.05. The number of alkyl carbamates (subject to hydrolysis) is 1. The Morgan fingerprint density at radius 1 is 1.35 bits per heavy atom. The Labute approximate surface area is 158 Å². The van der Waals surface area contributed by atoms with Gasteiger partial charge in [-0.2, -0.15) is 15.8 Å². The molecule has 0 bridgehead atoms. The fourth-order valence-corrected chi connectivity index (χ4v) is 2.98. The lowest BCUT2D eigenvalue weighted by molar-refractivity contribution is -0.119. The van der Waals surface area contributed by atoms with Gasteiger partial charge in [-0.3, -0.25) is 4.79 Å². The second-order valence-electron chi connectivity index (χ2n) is 6.88. The van der Waals surface area contributed by atoms with Gasteiger partial charge in [-0.15, -0.1) is 0 Å². The van der Waals surface area contributed by atoms with Crippen LogP contribution < -0.4 is 16.2 Å². The number of amidine groups is 1. The summed E-state index contributed by atoms with van der Waals surface area (Å²) < 4.78 is 5.27. The van der Waals surface area contributed by atoms with Crippen molar-refractivity contribution in [2.75, 3.05) is 0 Å². The van der Waals surface area contributed by atoms with Gasteiger partial charge in [0.05, 0.1) is 5.37 Å². The first kappa shape index (κ1) is 20.3. The van der Waals surface area contributed by atoms with Crippen molar-refractivity contribution in [1.82, 2.24) is 16.2 Å². The van der Waals surface area contributed by atoms with Crippen molar-refractivity contribution in [3.63, 3.8) is 0 Å². The van der Waals surface area contributed by atoms with Gasteiger partial charge in [0.2, 0.25) is 5.17 Å². The largest absolute Gasteiger partial charge is 0.444 e. The Morgan fingerprint density at radius 2 is 2.04 bits per heavy atom. The number of carbonyl (C=O) groups is 2. The monoisotopic (exact) mass is 377 g/mol. The van der Waals surface area contributed by atoms with Crippen molar-refractivity contribution in [1.29, 1.82) is 0 Å². The zero-order chi connectivity index (χ0) is 19.2. The minimum absolute atomic E-state index is 0.118. The average molecular weight is 377 g/mol. The highest BCUT2D eigenvalue weighted by atomic mass is 32.2. The molecule has 1 saturated heterocycles. The summed E-state index contributed by atoms with van der Waals surface area (Å²) in [7, 11) is 0. The van der Waals surface area contributed by atoms with Crippen LogP contribution in [0.4, 0.5) is 4.79 Å². The van der Waals surface area contributed by atoms with Gasteiger partial charge in [-0.25, -0.2) is 4.79 Å². The maximum Gasteiger partial charge on any atom is 0.408 e. The molecule has 2 atom stereocenters. The maximum absolute atomic E-state index is 12.6. The van der Waals surface area contributed by atoms with Crippen molar-refractivity contribution >= 4 is 28.9 Å². The van der Waals surface area contributed by atoms with Crippen molar-refractivity contribution in [3.05, 3.63) is 35.9 Å². The Balaban J connectivity index is 2.10. The lowest BCUT2D eigenvalue weighted by Crippen LogP contribution is -2.44. The first-order chi connectivity index (χ1) is 12.3. The van der Waals surface area contributed by atoms with E-state index in [1.807, 2.05) is 37.3 Å². The van der Waals surface area contributed by atoms with Gasteiger partial charge in [0.1, 0.15) is 11.6 Å². The molecule has 7 nitrogen and oxygen atoms in total. The molecule has 2 rings (SSSR count). The zero-order valence-corrected chi connectivity index (χ0v) is 16.3. The molecule has 1 aromatic rings. The molecule has 0 aromatic heterocycles. The molecule has 1 radical (unpaired) electrons. The molecule has 1 fully saturated rings. The molecule has 0 spiro atoms. The van der Waals surface area contributed by atoms with E-state index >= 15 is 0 Å². The summed E-state index contributed by atoms with van der Waals surface area (Å²) in [4.78, 5) is 28.8. The number of carbonyl (C=O) groups excluding carboxylic acids is 2. The molecule has 1 heterocycles. The molecule has 0 aliphatic carbocycles. The van der Waals surface area contributed by atoms with E-state index in [0.29, 0.717) is 11.6 Å². The number of hydrogen-bond donors (Lipinski definition) is 2. The van der Waals surface area contributed by atoms with Crippen LogP contribution in [0.15, 0.2) is 35.3 Å². The summed E-state index contributed by atoms with van der Waals surface area (Å²) >= 11 is 1.40. The summed E-state index contributed by atoms with van der Waals surface area (Å²) in [5, 5.41) is 3.13. The number of ether oxygens (including phenoxy) is 1. The highest BCUT2D eigenvalue weighted by molar-refractivity contribution is 8.14. The van der Waals surface area contributed by atoms with Crippen LogP contribution >= 0.6 is 11.8 Å². The van der Waals surface area contributed by atoms with Crippen molar-refractivity contribution in [2.24, 2.45) is 4.99 Å². The summed E-state index contributed by atoms with van der Waals surface area (Å²) in [5.41, 5.74) is 7.24. The molecule has 2 unspecified atom stereocenters. The lowest BCUT2D eigenvalue weighted by Gasteiger charge is -2.22. The molecule has 2 amide bonds. The minimum Gasteiger partial charge on any atom is -0.444 e. The highest BCUT2D eigenvalue weighted by Gasteiger charge is 2.27. The summed E-state index contributed by atoms with van der Waals surface area (Å²) in [6, 6.07) is 8.63. The van der Waals surface area contributed by atoms with Gasteiger partial charge in [0.25, 0.3) is 5.91 Å². The molecular formula is C18H25N4O3S. The molecule has 1 aliphatic rings. The van der Waals surface area contributed by atoms with Crippen molar-refractivity contribution in [3.8, 4) is 0 Å². The molecule has 0 saturated carbocycles. The number of rotatable bonds is 5. The predicted octanol–water partition coefficient (Wildman–Crippen LogP) is 2.60. The second kappa shape index (κ2) is 9.05. The Morgan fingerprint density at radius 3 is 2.62 bits per heavy atom. The standard InChI is InChI=1S/C18H25N4O3S/c1-5-14-21-22-16(26-14)20-15(23)13(11-12-9-7-6-8-10-12)19-17(24)25-18(2,3)4/h6-10,13-14,21H,5,11H2,1-4H3,(H,19,24). The van der Waals surface area contributed by atoms with Gasteiger partial charge in [0, 0.05) is 6.42 Å². The molecule has 1 aromatic carbocycles. The fraction of sp³-hybridized carbons (Fsp3) is 0.500. The molecule has 1 aliphatic heterocycles.